The van der Waals surface area contributed by atoms with Gasteiger partial charge in [0.05, 0.1) is 11.9 Å². The van der Waals surface area contributed by atoms with Crippen molar-refractivity contribution in [3.63, 3.8) is 0 Å². The van der Waals surface area contributed by atoms with E-state index in [0.29, 0.717) is 0 Å². The standard InChI is InChI=1S/C19H17N5/c1-13-11-21-22-18(13)15-5-3-14(4-6-15)17-12-24(2)23-19(17)16-7-9-20-10-8-16/h3-12H,1-2H3,(H,21,22). The van der Waals surface area contributed by atoms with Crippen LogP contribution in [-0.4, -0.2) is 25.0 Å². The maximum absolute atomic E-state index is 4.62. The van der Waals surface area contributed by atoms with Crippen LogP contribution in [0, 0.1) is 6.92 Å². The van der Waals surface area contributed by atoms with E-state index in [9.17, 15) is 0 Å². The molecule has 0 saturated carbocycles. The van der Waals surface area contributed by atoms with E-state index in [4.69, 9.17) is 0 Å². The lowest BCUT2D eigenvalue weighted by Gasteiger charge is -2.05. The fourth-order valence-corrected chi connectivity index (χ4v) is 2.88. The highest BCUT2D eigenvalue weighted by molar-refractivity contribution is 5.81. The van der Waals surface area contributed by atoms with E-state index < -0.39 is 0 Å². The van der Waals surface area contributed by atoms with Crippen LogP contribution in [-0.2, 0) is 7.05 Å². The van der Waals surface area contributed by atoms with Gasteiger partial charge < -0.3 is 0 Å². The van der Waals surface area contributed by atoms with Gasteiger partial charge in [-0.25, -0.2) is 0 Å². The molecule has 0 bridgehead atoms. The summed E-state index contributed by atoms with van der Waals surface area (Å²) in [6.07, 6.45) is 7.47. The van der Waals surface area contributed by atoms with Crippen molar-refractivity contribution < 1.29 is 0 Å². The summed E-state index contributed by atoms with van der Waals surface area (Å²) in [6, 6.07) is 12.4. The molecule has 0 aliphatic carbocycles. The van der Waals surface area contributed by atoms with E-state index in [1.54, 1.807) is 12.4 Å². The first-order valence-electron chi connectivity index (χ1n) is 7.77. The number of aromatic nitrogens is 5. The van der Waals surface area contributed by atoms with Crippen LogP contribution in [0.3, 0.4) is 0 Å². The largest absolute Gasteiger partial charge is 0.278 e. The lowest BCUT2D eigenvalue weighted by Crippen LogP contribution is -1.88. The number of aryl methyl sites for hydroxylation is 2. The number of aromatic amines is 1. The van der Waals surface area contributed by atoms with Gasteiger partial charge in [-0.2, -0.15) is 10.2 Å². The number of nitrogens with zero attached hydrogens (tertiary/aromatic N) is 4. The van der Waals surface area contributed by atoms with Crippen molar-refractivity contribution in [3.8, 4) is 33.6 Å². The van der Waals surface area contributed by atoms with Crippen LogP contribution in [0.1, 0.15) is 5.56 Å². The van der Waals surface area contributed by atoms with Gasteiger partial charge in [0, 0.05) is 36.8 Å². The molecule has 24 heavy (non-hydrogen) atoms. The molecule has 0 aliphatic heterocycles. The molecule has 0 fully saturated rings. The van der Waals surface area contributed by atoms with Crippen molar-refractivity contribution in [2.75, 3.05) is 0 Å². The van der Waals surface area contributed by atoms with Crippen LogP contribution in [0.4, 0.5) is 0 Å². The summed E-state index contributed by atoms with van der Waals surface area (Å²) in [6.45, 7) is 2.05. The van der Waals surface area contributed by atoms with Gasteiger partial charge in [-0.05, 0) is 35.7 Å². The number of hydrogen-bond acceptors (Lipinski definition) is 3. The van der Waals surface area contributed by atoms with E-state index in [1.165, 1.54) is 0 Å². The number of benzene rings is 1. The van der Waals surface area contributed by atoms with E-state index >= 15 is 0 Å². The van der Waals surface area contributed by atoms with Gasteiger partial charge in [0.2, 0.25) is 0 Å². The van der Waals surface area contributed by atoms with Crippen LogP contribution < -0.4 is 0 Å². The average molecular weight is 315 g/mol. The van der Waals surface area contributed by atoms with Crippen molar-refractivity contribution in [1.82, 2.24) is 25.0 Å². The Bertz CT molecular complexity index is 965. The second-order valence-corrected chi connectivity index (χ2v) is 5.81. The first-order chi connectivity index (χ1) is 11.7. The summed E-state index contributed by atoms with van der Waals surface area (Å²) >= 11 is 0. The second kappa shape index (κ2) is 5.77. The molecular formula is C19H17N5. The Labute approximate surface area is 140 Å². The number of pyridine rings is 1. The molecule has 5 heteroatoms. The van der Waals surface area contributed by atoms with Crippen molar-refractivity contribution in [2.24, 2.45) is 7.05 Å². The predicted molar refractivity (Wildman–Crippen MR) is 94.2 cm³/mol. The summed E-state index contributed by atoms with van der Waals surface area (Å²) in [4.78, 5) is 4.08. The third-order valence-corrected chi connectivity index (χ3v) is 4.10. The number of rotatable bonds is 3. The predicted octanol–water partition coefficient (Wildman–Crippen LogP) is 3.85. The molecule has 0 radical (unpaired) electrons. The summed E-state index contributed by atoms with van der Waals surface area (Å²) in [5.74, 6) is 0. The highest BCUT2D eigenvalue weighted by atomic mass is 15.3. The maximum Gasteiger partial charge on any atom is 0.100 e. The van der Waals surface area contributed by atoms with Gasteiger partial charge in [0.25, 0.3) is 0 Å². The minimum atomic E-state index is 0.963. The van der Waals surface area contributed by atoms with Crippen LogP contribution in [0.5, 0.6) is 0 Å². The Morgan fingerprint density at radius 1 is 0.917 bits per heavy atom. The fraction of sp³-hybridized carbons (Fsp3) is 0.105. The molecule has 5 nitrogen and oxygen atoms in total. The first kappa shape index (κ1) is 14.4. The smallest absolute Gasteiger partial charge is 0.100 e. The molecule has 3 heterocycles. The topological polar surface area (TPSA) is 59.4 Å². The first-order valence-corrected chi connectivity index (χ1v) is 7.77. The van der Waals surface area contributed by atoms with Gasteiger partial charge in [0.1, 0.15) is 5.69 Å². The van der Waals surface area contributed by atoms with Gasteiger partial charge in [-0.1, -0.05) is 24.3 Å². The van der Waals surface area contributed by atoms with E-state index in [2.05, 4.69) is 51.5 Å². The Balaban J connectivity index is 1.76. The molecule has 0 aliphatic rings. The van der Waals surface area contributed by atoms with Crippen LogP contribution in [0.25, 0.3) is 33.6 Å². The zero-order chi connectivity index (χ0) is 16.5. The van der Waals surface area contributed by atoms with E-state index in [1.807, 2.05) is 36.3 Å². The molecule has 0 unspecified atom stereocenters. The molecule has 0 atom stereocenters. The molecular weight excluding hydrogens is 298 g/mol. The minimum absolute atomic E-state index is 0.963. The van der Waals surface area contributed by atoms with Crippen molar-refractivity contribution in [2.45, 2.75) is 6.92 Å². The lowest BCUT2D eigenvalue weighted by molar-refractivity contribution is 0.771. The van der Waals surface area contributed by atoms with Crippen molar-refractivity contribution in [3.05, 3.63) is 66.7 Å². The highest BCUT2D eigenvalue weighted by Crippen LogP contribution is 2.32. The zero-order valence-corrected chi connectivity index (χ0v) is 13.6. The quantitative estimate of drug-likeness (QED) is 0.625. The second-order valence-electron chi connectivity index (χ2n) is 5.81. The third-order valence-electron chi connectivity index (χ3n) is 4.10. The van der Waals surface area contributed by atoms with Crippen molar-refractivity contribution in [1.29, 1.82) is 0 Å². The van der Waals surface area contributed by atoms with E-state index in [0.717, 1.165) is 39.2 Å². The van der Waals surface area contributed by atoms with Gasteiger partial charge in [-0.15, -0.1) is 0 Å². The fourth-order valence-electron chi connectivity index (χ4n) is 2.88. The molecule has 3 aromatic heterocycles. The van der Waals surface area contributed by atoms with E-state index in [-0.39, 0.29) is 0 Å². The summed E-state index contributed by atoms with van der Waals surface area (Å²) in [5, 5.41) is 11.8. The Morgan fingerprint density at radius 3 is 2.29 bits per heavy atom. The molecule has 1 N–H and O–H groups in total. The van der Waals surface area contributed by atoms with Gasteiger partial charge >= 0.3 is 0 Å². The lowest BCUT2D eigenvalue weighted by atomic mass is 10.00. The molecule has 4 aromatic rings. The Hall–Kier alpha value is -3.21. The molecule has 0 spiro atoms. The Kier molecular flexibility index (Phi) is 3.46. The Morgan fingerprint density at radius 2 is 1.62 bits per heavy atom. The average Bonchev–Trinajstić information content (AvgIpc) is 3.22. The molecule has 118 valence electrons. The van der Waals surface area contributed by atoms with Crippen LogP contribution >= 0.6 is 0 Å². The summed E-state index contributed by atoms with van der Waals surface area (Å²) < 4.78 is 1.85. The van der Waals surface area contributed by atoms with Crippen LogP contribution in [0.2, 0.25) is 0 Å². The molecule has 0 amide bonds. The number of hydrogen-bond donors (Lipinski definition) is 1. The van der Waals surface area contributed by atoms with Gasteiger partial charge in [0.15, 0.2) is 0 Å². The molecule has 1 aromatic carbocycles. The molecule has 4 rings (SSSR count). The zero-order valence-electron chi connectivity index (χ0n) is 13.6. The molecule has 0 saturated heterocycles. The maximum atomic E-state index is 4.62. The number of H-pyrrole nitrogens is 1. The van der Waals surface area contributed by atoms with Crippen LogP contribution in [0.15, 0.2) is 61.2 Å². The third kappa shape index (κ3) is 2.50. The normalized spacial score (nSPS) is 10.9. The number of nitrogens with one attached hydrogen (secondary N) is 1. The highest BCUT2D eigenvalue weighted by Gasteiger charge is 2.12. The SMILES string of the molecule is Cc1cn[nH]c1-c1ccc(-c2cn(C)nc2-c2ccncc2)cc1. The summed E-state index contributed by atoms with van der Waals surface area (Å²) in [7, 11) is 1.94. The summed E-state index contributed by atoms with van der Waals surface area (Å²) in [5.41, 5.74) is 7.60. The monoisotopic (exact) mass is 315 g/mol. The van der Waals surface area contributed by atoms with Crippen molar-refractivity contribution >= 4 is 0 Å². The minimum Gasteiger partial charge on any atom is -0.278 e. The van der Waals surface area contributed by atoms with Gasteiger partial charge in [-0.3, -0.25) is 14.8 Å².